The second-order valence-corrected chi connectivity index (χ2v) is 3.32. The number of thiol groups is 1. The van der Waals surface area contributed by atoms with Crippen LogP contribution in [-0.2, 0) is 0 Å². The lowest BCUT2D eigenvalue weighted by atomic mass is 10.1. The highest BCUT2D eigenvalue weighted by atomic mass is 32.1. The predicted molar refractivity (Wildman–Crippen MR) is 54.2 cm³/mol. The van der Waals surface area contributed by atoms with Gasteiger partial charge in [-0.3, -0.25) is 10.1 Å². The molecule has 0 aliphatic rings. The molecule has 0 bridgehead atoms. The van der Waals surface area contributed by atoms with E-state index in [1.807, 2.05) is 6.92 Å². The Hall–Kier alpha value is -1.23. The molecule has 0 amide bonds. The number of nitro benzene ring substituents is 1. The molecule has 0 fully saturated rings. The van der Waals surface area contributed by atoms with Gasteiger partial charge < -0.3 is 5.73 Å². The van der Waals surface area contributed by atoms with Crippen molar-refractivity contribution in [3.05, 3.63) is 27.3 Å². The van der Waals surface area contributed by atoms with Crippen LogP contribution in [0.4, 0.5) is 11.4 Å². The highest BCUT2D eigenvalue weighted by molar-refractivity contribution is 7.80. The summed E-state index contributed by atoms with van der Waals surface area (Å²) in [4.78, 5) is 10.6. The molecule has 13 heavy (non-hydrogen) atoms. The van der Waals surface area contributed by atoms with E-state index in [9.17, 15) is 10.1 Å². The maximum atomic E-state index is 10.5. The SMILES string of the molecule is Cc1c(S)cc([N+](=O)[O-])c(N)c1C. The predicted octanol–water partition coefficient (Wildman–Crippen LogP) is 2.08. The molecule has 2 N–H and O–H groups in total. The molecule has 0 atom stereocenters. The summed E-state index contributed by atoms with van der Waals surface area (Å²) in [7, 11) is 0. The minimum atomic E-state index is -0.499. The monoisotopic (exact) mass is 198 g/mol. The Bertz CT molecular complexity index is 377. The molecule has 1 aromatic rings. The zero-order chi connectivity index (χ0) is 10.2. The molecular formula is C8H10N2O2S. The van der Waals surface area contributed by atoms with E-state index >= 15 is 0 Å². The van der Waals surface area contributed by atoms with Crippen LogP contribution in [0.3, 0.4) is 0 Å². The Morgan fingerprint density at radius 3 is 2.46 bits per heavy atom. The average molecular weight is 198 g/mol. The molecular weight excluding hydrogens is 188 g/mol. The number of nitrogens with two attached hydrogens (primary N) is 1. The zero-order valence-electron chi connectivity index (χ0n) is 7.37. The third kappa shape index (κ3) is 1.60. The highest BCUT2D eigenvalue weighted by Crippen LogP contribution is 2.31. The number of nitrogen functional groups attached to an aromatic ring is 1. The fourth-order valence-electron chi connectivity index (χ4n) is 1.05. The molecule has 70 valence electrons. The molecule has 0 aliphatic heterocycles. The van der Waals surface area contributed by atoms with Crippen molar-refractivity contribution in [2.45, 2.75) is 18.7 Å². The van der Waals surface area contributed by atoms with Gasteiger partial charge in [-0.25, -0.2) is 0 Å². The summed E-state index contributed by atoms with van der Waals surface area (Å²) in [6.07, 6.45) is 0. The van der Waals surface area contributed by atoms with Gasteiger partial charge >= 0.3 is 0 Å². The van der Waals surface area contributed by atoms with Crippen molar-refractivity contribution in [1.29, 1.82) is 0 Å². The second-order valence-electron chi connectivity index (χ2n) is 2.84. The number of hydrogen-bond acceptors (Lipinski definition) is 4. The number of nitro groups is 1. The van der Waals surface area contributed by atoms with E-state index in [4.69, 9.17) is 5.73 Å². The van der Waals surface area contributed by atoms with Crippen LogP contribution in [0, 0.1) is 24.0 Å². The summed E-state index contributed by atoms with van der Waals surface area (Å²) in [5.41, 5.74) is 7.33. The van der Waals surface area contributed by atoms with Gasteiger partial charge in [0.1, 0.15) is 5.69 Å². The van der Waals surface area contributed by atoms with Gasteiger partial charge in [0.05, 0.1) is 4.92 Å². The standard InChI is InChI=1S/C8H10N2O2S/c1-4-5(2)8(9)6(10(11)12)3-7(4)13/h3,13H,9H2,1-2H3. The Morgan fingerprint density at radius 2 is 2.00 bits per heavy atom. The van der Waals surface area contributed by atoms with E-state index < -0.39 is 4.92 Å². The first-order valence-electron chi connectivity index (χ1n) is 3.68. The third-order valence-corrected chi connectivity index (χ3v) is 2.56. The van der Waals surface area contributed by atoms with Crippen molar-refractivity contribution < 1.29 is 4.92 Å². The Labute approximate surface area is 81.3 Å². The third-order valence-electron chi connectivity index (χ3n) is 2.10. The van der Waals surface area contributed by atoms with Crippen molar-refractivity contribution in [1.82, 2.24) is 0 Å². The Kier molecular flexibility index (Phi) is 2.47. The topological polar surface area (TPSA) is 69.2 Å². The average Bonchev–Trinajstić information content (AvgIpc) is 2.07. The van der Waals surface area contributed by atoms with Crippen molar-refractivity contribution >= 4 is 24.0 Å². The van der Waals surface area contributed by atoms with Gasteiger partial charge in [0.2, 0.25) is 0 Å². The van der Waals surface area contributed by atoms with Crippen LogP contribution in [0.1, 0.15) is 11.1 Å². The number of benzene rings is 1. The molecule has 0 heterocycles. The molecule has 0 saturated heterocycles. The van der Waals surface area contributed by atoms with Crippen LogP contribution >= 0.6 is 12.6 Å². The highest BCUT2D eigenvalue weighted by Gasteiger charge is 2.16. The summed E-state index contributed by atoms with van der Waals surface area (Å²) < 4.78 is 0. The van der Waals surface area contributed by atoms with Crippen LogP contribution in [0.25, 0.3) is 0 Å². The molecule has 0 saturated carbocycles. The quantitative estimate of drug-likeness (QED) is 0.314. The molecule has 0 spiro atoms. The van der Waals surface area contributed by atoms with Crippen LogP contribution in [0.2, 0.25) is 0 Å². The molecule has 5 heteroatoms. The maximum Gasteiger partial charge on any atom is 0.293 e. The fourth-order valence-corrected chi connectivity index (χ4v) is 1.34. The first-order valence-corrected chi connectivity index (χ1v) is 4.13. The summed E-state index contributed by atoms with van der Waals surface area (Å²) >= 11 is 4.12. The van der Waals surface area contributed by atoms with Crippen molar-refractivity contribution in [3.8, 4) is 0 Å². The van der Waals surface area contributed by atoms with Gasteiger partial charge in [-0.1, -0.05) is 0 Å². The van der Waals surface area contributed by atoms with Crippen LogP contribution < -0.4 is 5.73 Å². The van der Waals surface area contributed by atoms with Crippen molar-refractivity contribution in [3.63, 3.8) is 0 Å². The Balaban J connectivity index is 3.50. The van der Waals surface area contributed by atoms with Gasteiger partial charge in [-0.2, -0.15) is 0 Å². The summed E-state index contributed by atoms with van der Waals surface area (Å²) in [6, 6.07) is 1.38. The minimum absolute atomic E-state index is 0.0758. The molecule has 0 aromatic heterocycles. The number of hydrogen-bond donors (Lipinski definition) is 2. The van der Waals surface area contributed by atoms with E-state index in [-0.39, 0.29) is 11.4 Å². The van der Waals surface area contributed by atoms with Crippen LogP contribution in [-0.4, -0.2) is 4.92 Å². The van der Waals surface area contributed by atoms with Crippen LogP contribution in [0.5, 0.6) is 0 Å². The number of rotatable bonds is 1. The molecule has 0 aliphatic carbocycles. The Morgan fingerprint density at radius 1 is 1.46 bits per heavy atom. The van der Waals surface area contributed by atoms with E-state index in [2.05, 4.69) is 12.6 Å². The molecule has 4 nitrogen and oxygen atoms in total. The normalized spacial score (nSPS) is 10.1. The number of anilines is 1. The maximum absolute atomic E-state index is 10.5. The lowest BCUT2D eigenvalue weighted by Crippen LogP contribution is -2.00. The van der Waals surface area contributed by atoms with Gasteiger partial charge in [-0.05, 0) is 25.0 Å². The van der Waals surface area contributed by atoms with Gasteiger partial charge in [-0.15, -0.1) is 12.6 Å². The number of nitrogens with zero attached hydrogens (tertiary/aromatic N) is 1. The summed E-state index contributed by atoms with van der Waals surface area (Å²) in [5, 5.41) is 10.5. The van der Waals surface area contributed by atoms with Crippen molar-refractivity contribution in [2.24, 2.45) is 0 Å². The smallest absolute Gasteiger partial charge is 0.293 e. The zero-order valence-corrected chi connectivity index (χ0v) is 8.26. The van der Waals surface area contributed by atoms with Gasteiger partial charge in [0, 0.05) is 11.0 Å². The lowest BCUT2D eigenvalue weighted by Gasteiger charge is -2.07. The molecule has 1 rings (SSSR count). The second kappa shape index (κ2) is 3.26. The molecule has 0 radical (unpaired) electrons. The first kappa shape index (κ1) is 9.85. The lowest BCUT2D eigenvalue weighted by molar-refractivity contribution is -0.384. The molecule has 0 unspecified atom stereocenters. The van der Waals surface area contributed by atoms with E-state index in [1.165, 1.54) is 6.07 Å². The summed E-state index contributed by atoms with van der Waals surface area (Å²) in [6.45, 7) is 3.58. The van der Waals surface area contributed by atoms with Gasteiger partial charge in [0.25, 0.3) is 5.69 Å². The first-order chi connectivity index (χ1) is 5.95. The minimum Gasteiger partial charge on any atom is -0.393 e. The fraction of sp³-hybridized carbons (Fsp3) is 0.250. The van der Waals surface area contributed by atoms with Crippen molar-refractivity contribution in [2.75, 3.05) is 5.73 Å². The molecule has 1 aromatic carbocycles. The van der Waals surface area contributed by atoms with E-state index in [0.717, 1.165) is 11.1 Å². The van der Waals surface area contributed by atoms with E-state index in [0.29, 0.717) is 4.90 Å². The van der Waals surface area contributed by atoms with Crippen LogP contribution in [0.15, 0.2) is 11.0 Å². The largest absolute Gasteiger partial charge is 0.393 e. The van der Waals surface area contributed by atoms with E-state index in [1.54, 1.807) is 6.92 Å². The summed E-state index contributed by atoms with van der Waals surface area (Å²) in [5.74, 6) is 0. The van der Waals surface area contributed by atoms with Gasteiger partial charge in [0.15, 0.2) is 0 Å².